The Balaban J connectivity index is 4.03. The molecule has 14 heavy (non-hydrogen) atoms. The molecule has 0 aliphatic rings. The minimum Gasteiger partial charge on any atom is -0.386 e. The number of guanidine groups is 1. The van der Waals surface area contributed by atoms with Gasteiger partial charge in [-0.1, -0.05) is 6.92 Å². The molecule has 0 aromatic rings. The maximum Gasteiger partial charge on any atom is 0.185 e. The van der Waals surface area contributed by atoms with Crippen LogP contribution in [0.1, 0.15) is 13.8 Å². The minimum absolute atomic E-state index is 0.0609. The Morgan fingerprint density at radius 1 is 1.43 bits per heavy atom. The van der Waals surface area contributed by atoms with E-state index in [-0.39, 0.29) is 17.8 Å². The van der Waals surface area contributed by atoms with E-state index in [0.29, 0.717) is 13.1 Å². The fourth-order valence-corrected chi connectivity index (χ4v) is 1.13. The smallest absolute Gasteiger partial charge is 0.185 e. The van der Waals surface area contributed by atoms with Gasteiger partial charge in [-0.2, -0.15) is 0 Å². The minimum atomic E-state index is -0.0609. The predicted molar refractivity (Wildman–Crippen MR) is 59.3 cm³/mol. The molecule has 0 saturated heterocycles. The van der Waals surface area contributed by atoms with E-state index in [1.54, 1.807) is 0 Å². The van der Waals surface area contributed by atoms with E-state index in [1.165, 1.54) is 0 Å². The van der Waals surface area contributed by atoms with Crippen LogP contribution < -0.4 is 17.2 Å². The first-order chi connectivity index (χ1) is 6.49. The molecule has 82 valence electrons. The maximum absolute atomic E-state index is 7.30. The van der Waals surface area contributed by atoms with Gasteiger partial charge in [0.2, 0.25) is 0 Å². The molecule has 0 spiro atoms. The molecule has 0 radical (unpaired) electrons. The lowest BCUT2D eigenvalue weighted by atomic mass is 10.2. The molecule has 0 aromatic carbocycles. The highest BCUT2D eigenvalue weighted by atomic mass is 15.2. The van der Waals surface area contributed by atoms with Gasteiger partial charge in [0.05, 0.1) is 12.6 Å². The number of amidine groups is 1. The summed E-state index contributed by atoms with van der Waals surface area (Å²) in [6.07, 6.45) is 0. The SMILES string of the molecule is CCN(CCN=C(N)N)C(C)C(=N)N. The molecule has 1 unspecified atom stereocenters. The zero-order valence-corrected chi connectivity index (χ0v) is 8.83. The third-order valence-electron chi connectivity index (χ3n) is 2.09. The zero-order valence-electron chi connectivity index (χ0n) is 8.83. The second kappa shape index (κ2) is 6.20. The van der Waals surface area contributed by atoms with Crippen molar-refractivity contribution in [2.45, 2.75) is 19.9 Å². The molecule has 7 N–H and O–H groups in total. The molecule has 6 nitrogen and oxygen atoms in total. The van der Waals surface area contributed by atoms with E-state index in [4.69, 9.17) is 22.6 Å². The molecule has 0 aliphatic heterocycles. The molecule has 0 rings (SSSR count). The van der Waals surface area contributed by atoms with E-state index in [1.807, 2.05) is 18.7 Å². The number of nitrogens with two attached hydrogens (primary N) is 3. The Morgan fingerprint density at radius 3 is 2.36 bits per heavy atom. The third kappa shape index (κ3) is 4.66. The van der Waals surface area contributed by atoms with Crippen molar-refractivity contribution in [1.29, 1.82) is 5.41 Å². The van der Waals surface area contributed by atoms with Crippen molar-refractivity contribution >= 4 is 11.8 Å². The number of nitrogens with zero attached hydrogens (tertiary/aromatic N) is 2. The predicted octanol–water partition coefficient (Wildman–Crippen LogP) is -1.09. The van der Waals surface area contributed by atoms with Gasteiger partial charge >= 0.3 is 0 Å². The molecule has 0 aromatic heterocycles. The van der Waals surface area contributed by atoms with E-state index in [9.17, 15) is 0 Å². The molecule has 0 aliphatic carbocycles. The first-order valence-corrected chi connectivity index (χ1v) is 4.62. The Morgan fingerprint density at radius 2 is 2.00 bits per heavy atom. The topological polar surface area (TPSA) is 118 Å². The summed E-state index contributed by atoms with van der Waals surface area (Å²) in [5.41, 5.74) is 15.8. The summed E-state index contributed by atoms with van der Waals surface area (Å²) >= 11 is 0. The van der Waals surface area contributed by atoms with Gasteiger partial charge in [-0.05, 0) is 13.5 Å². The van der Waals surface area contributed by atoms with Crippen molar-refractivity contribution in [3.63, 3.8) is 0 Å². The first kappa shape index (κ1) is 12.7. The van der Waals surface area contributed by atoms with Crippen LogP contribution in [0.25, 0.3) is 0 Å². The van der Waals surface area contributed by atoms with Gasteiger partial charge < -0.3 is 17.2 Å². The summed E-state index contributed by atoms with van der Waals surface area (Å²) in [5.74, 6) is 0.257. The second-order valence-electron chi connectivity index (χ2n) is 3.07. The number of nitrogens with one attached hydrogen (secondary N) is 1. The quantitative estimate of drug-likeness (QED) is 0.322. The number of aliphatic imine (C=N–C) groups is 1. The van der Waals surface area contributed by atoms with Crippen molar-refractivity contribution < 1.29 is 0 Å². The normalized spacial score (nSPS) is 12.5. The Hall–Kier alpha value is -1.30. The highest BCUT2D eigenvalue weighted by Crippen LogP contribution is 1.97. The summed E-state index contributed by atoms with van der Waals surface area (Å²) in [7, 11) is 0. The molecular weight excluding hydrogens is 180 g/mol. The van der Waals surface area contributed by atoms with Crippen LogP contribution in [0.2, 0.25) is 0 Å². The molecule has 0 saturated carbocycles. The van der Waals surface area contributed by atoms with Crippen molar-refractivity contribution in [1.82, 2.24) is 4.90 Å². The molecule has 0 heterocycles. The van der Waals surface area contributed by atoms with Crippen molar-refractivity contribution in [2.24, 2.45) is 22.2 Å². The fraction of sp³-hybridized carbons (Fsp3) is 0.750. The first-order valence-electron chi connectivity index (χ1n) is 4.62. The van der Waals surface area contributed by atoms with Gasteiger partial charge in [-0.3, -0.25) is 15.3 Å². The van der Waals surface area contributed by atoms with Gasteiger partial charge in [0.25, 0.3) is 0 Å². The van der Waals surface area contributed by atoms with Crippen LogP contribution in [0, 0.1) is 5.41 Å². The number of rotatable bonds is 6. The summed E-state index contributed by atoms with van der Waals surface area (Å²) in [4.78, 5) is 5.91. The fourth-order valence-electron chi connectivity index (χ4n) is 1.13. The average Bonchev–Trinajstić information content (AvgIpc) is 2.10. The van der Waals surface area contributed by atoms with Crippen LogP contribution in [0.5, 0.6) is 0 Å². The lowest BCUT2D eigenvalue weighted by Crippen LogP contribution is -2.43. The van der Waals surface area contributed by atoms with Crippen LogP contribution in [0.3, 0.4) is 0 Å². The van der Waals surface area contributed by atoms with E-state index in [2.05, 4.69) is 4.99 Å². The van der Waals surface area contributed by atoms with Gasteiger partial charge in [0.1, 0.15) is 5.84 Å². The van der Waals surface area contributed by atoms with Crippen molar-refractivity contribution in [3.8, 4) is 0 Å². The van der Waals surface area contributed by atoms with Crippen molar-refractivity contribution in [2.75, 3.05) is 19.6 Å². The lowest BCUT2D eigenvalue weighted by Gasteiger charge is -2.25. The van der Waals surface area contributed by atoms with Crippen LogP contribution in [0.4, 0.5) is 0 Å². The van der Waals surface area contributed by atoms with E-state index in [0.717, 1.165) is 6.54 Å². The summed E-state index contributed by atoms with van der Waals surface area (Å²) in [6, 6.07) is -0.0609. The molecule has 6 heteroatoms. The average molecular weight is 200 g/mol. The zero-order chi connectivity index (χ0) is 11.1. The number of hydrogen-bond acceptors (Lipinski definition) is 3. The largest absolute Gasteiger partial charge is 0.386 e. The van der Waals surface area contributed by atoms with Crippen LogP contribution >= 0.6 is 0 Å². The summed E-state index contributed by atoms with van der Waals surface area (Å²) in [6.45, 7) is 5.96. The molecule has 0 amide bonds. The summed E-state index contributed by atoms with van der Waals surface area (Å²) in [5, 5.41) is 7.30. The standard InChI is InChI=1S/C8H20N6/c1-3-14(6(2)7(9)10)5-4-13-8(11)12/h6H,3-5H2,1-2H3,(H3,9,10)(H4,11,12,13). The van der Waals surface area contributed by atoms with Gasteiger partial charge in [0, 0.05) is 6.54 Å². The molecule has 1 atom stereocenters. The molecular formula is C8H20N6. The van der Waals surface area contributed by atoms with Crippen molar-refractivity contribution in [3.05, 3.63) is 0 Å². The maximum atomic E-state index is 7.30. The third-order valence-corrected chi connectivity index (χ3v) is 2.09. The van der Waals surface area contributed by atoms with Crippen LogP contribution in [0.15, 0.2) is 4.99 Å². The Kier molecular flexibility index (Phi) is 5.62. The van der Waals surface area contributed by atoms with Gasteiger partial charge in [-0.15, -0.1) is 0 Å². The molecule has 0 bridgehead atoms. The van der Waals surface area contributed by atoms with Gasteiger partial charge in [-0.25, -0.2) is 0 Å². The lowest BCUT2D eigenvalue weighted by molar-refractivity contribution is 0.273. The second-order valence-corrected chi connectivity index (χ2v) is 3.07. The van der Waals surface area contributed by atoms with Gasteiger partial charge in [0.15, 0.2) is 5.96 Å². The Labute approximate surface area is 84.7 Å². The summed E-state index contributed by atoms with van der Waals surface area (Å²) < 4.78 is 0. The number of likely N-dealkylation sites (N-methyl/N-ethyl adjacent to an activating group) is 1. The highest BCUT2D eigenvalue weighted by molar-refractivity contribution is 5.82. The van der Waals surface area contributed by atoms with E-state index < -0.39 is 0 Å². The van der Waals surface area contributed by atoms with E-state index >= 15 is 0 Å². The van der Waals surface area contributed by atoms with Crippen LogP contribution in [-0.2, 0) is 0 Å². The van der Waals surface area contributed by atoms with Crippen LogP contribution in [-0.4, -0.2) is 42.4 Å². The molecule has 0 fully saturated rings. The Bertz CT molecular complexity index is 208. The monoisotopic (exact) mass is 200 g/mol. The highest BCUT2D eigenvalue weighted by Gasteiger charge is 2.13. The number of hydrogen-bond donors (Lipinski definition) is 4.